The Kier molecular flexibility index (Phi) is 5.20. The van der Waals surface area contributed by atoms with E-state index in [1.165, 1.54) is 9.13 Å². The van der Waals surface area contributed by atoms with E-state index in [-0.39, 0.29) is 16.2 Å². The van der Waals surface area contributed by atoms with Crippen LogP contribution in [0.2, 0.25) is 0 Å². The Hall–Kier alpha value is -3.55. The number of hydrogen-bond acceptors (Lipinski definition) is 4. The third-order valence-electron chi connectivity index (χ3n) is 5.23. The third-order valence-corrected chi connectivity index (χ3v) is 6.12. The molecule has 1 N–H and O–H groups in total. The number of para-hydroxylation sites is 2. The first-order valence-corrected chi connectivity index (χ1v) is 11.0. The monoisotopic (exact) mass is 501 g/mol. The first-order chi connectivity index (χ1) is 15.5. The molecule has 1 aliphatic rings. The zero-order valence-corrected chi connectivity index (χ0v) is 19.0. The number of aromatic nitrogens is 2. The summed E-state index contributed by atoms with van der Waals surface area (Å²) in [5, 5.41) is 11.2. The summed E-state index contributed by atoms with van der Waals surface area (Å²) in [4.78, 5) is 18.0. The highest BCUT2D eigenvalue weighted by molar-refractivity contribution is 9.10. The Bertz CT molecular complexity index is 1520. The number of aliphatic imine (C=N–C) groups is 1. The molecule has 0 radical (unpaired) electrons. The van der Waals surface area contributed by atoms with Gasteiger partial charge in [0.1, 0.15) is 5.56 Å². The Morgan fingerprint density at radius 3 is 2.28 bits per heavy atom. The largest absolute Gasteiger partial charge is 0.494 e. The number of rotatable bonds is 3. The van der Waals surface area contributed by atoms with E-state index in [9.17, 15) is 9.90 Å². The molecule has 4 aromatic rings. The quantitative estimate of drug-likeness (QED) is 0.346. The fourth-order valence-electron chi connectivity index (χ4n) is 3.68. The summed E-state index contributed by atoms with van der Waals surface area (Å²) in [5.74, 6) is -0.222. The van der Waals surface area contributed by atoms with Gasteiger partial charge in [0.2, 0.25) is 5.88 Å². The highest BCUT2D eigenvalue weighted by Gasteiger charge is 2.20. The van der Waals surface area contributed by atoms with Gasteiger partial charge in [-0.15, -0.1) is 0 Å². The predicted octanol–water partition coefficient (Wildman–Crippen LogP) is 6.08. The van der Waals surface area contributed by atoms with Crippen molar-refractivity contribution in [3.63, 3.8) is 0 Å². The van der Waals surface area contributed by atoms with Gasteiger partial charge in [-0.25, -0.2) is 0 Å². The van der Waals surface area contributed by atoms with Crippen molar-refractivity contribution in [2.75, 3.05) is 0 Å². The molecule has 0 saturated heterocycles. The number of aromatic hydroxyl groups is 1. The molecule has 0 aliphatic carbocycles. The molecule has 1 aliphatic heterocycles. The van der Waals surface area contributed by atoms with Gasteiger partial charge >= 0.3 is 0 Å². The minimum Gasteiger partial charge on any atom is -0.494 e. The molecule has 156 valence electrons. The standard InChI is InChI=1S/C25H16BrN3O2S/c26-17-10-12-19(13-11-17)29-24(31)21(14-16-15-27-22-9-5-4-8-20(16)22)23(30)28(25(29)32)18-6-2-1-3-7-18/h1-15,31H/b16-14-. The van der Waals surface area contributed by atoms with Crippen molar-refractivity contribution in [3.8, 4) is 17.3 Å². The summed E-state index contributed by atoms with van der Waals surface area (Å²) >= 11 is 9.11. The Balaban J connectivity index is 1.83. The van der Waals surface area contributed by atoms with Gasteiger partial charge in [-0.05, 0) is 60.8 Å². The Morgan fingerprint density at radius 1 is 0.875 bits per heavy atom. The van der Waals surface area contributed by atoms with Crippen LogP contribution in [0.25, 0.3) is 23.0 Å². The van der Waals surface area contributed by atoms with Gasteiger partial charge in [-0.2, -0.15) is 0 Å². The van der Waals surface area contributed by atoms with E-state index in [0.29, 0.717) is 11.4 Å². The maximum atomic E-state index is 13.6. The van der Waals surface area contributed by atoms with Crippen LogP contribution in [0.1, 0.15) is 11.1 Å². The lowest BCUT2D eigenvalue weighted by Gasteiger charge is -2.17. The number of hydrogen-bond donors (Lipinski definition) is 1. The molecule has 5 nitrogen and oxygen atoms in total. The van der Waals surface area contributed by atoms with Crippen molar-refractivity contribution in [2.45, 2.75) is 0 Å². The van der Waals surface area contributed by atoms with Crippen molar-refractivity contribution in [1.29, 1.82) is 0 Å². The van der Waals surface area contributed by atoms with Gasteiger partial charge in [-0.3, -0.25) is 18.9 Å². The molecule has 0 bridgehead atoms. The molecular weight excluding hydrogens is 486 g/mol. The fourth-order valence-corrected chi connectivity index (χ4v) is 4.32. The summed E-state index contributed by atoms with van der Waals surface area (Å²) in [6, 6.07) is 24.2. The van der Waals surface area contributed by atoms with E-state index in [1.54, 1.807) is 12.3 Å². The molecule has 7 heteroatoms. The molecule has 3 aromatic carbocycles. The van der Waals surface area contributed by atoms with Crippen LogP contribution in [0.5, 0.6) is 5.88 Å². The van der Waals surface area contributed by atoms with Crippen molar-refractivity contribution in [1.82, 2.24) is 9.13 Å². The smallest absolute Gasteiger partial charge is 0.270 e. The van der Waals surface area contributed by atoms with Crippen LogP contribution in [0, 0.1) is 4.77 Å². The van der Waals surface area contributed by atoms with Crippen LogP contribution in [-0.2, 0) is 0 Å². The predicted molar refractivity (Wildman–Crippen MR) is 134 cm³/mol. The first-order valence-electron chi connectivity index (χ1n) is 9.82. The topological polar surface area (TPSA) is 59.5 Å². The third kappa shape index (κ3) is 3.45. The summed E-state index contributed by atoms with van der Waals surface area (Å²) in [7, 11) is 0. The van der Waals surface area contributed by atoms with Crippen molar-refractivity contribution < 1.29 is 5.11 Å². The summed E-state index contributed by atoms with van der Waals surface area (Å²) in [5.41, 5.74) is 3.44. The molecule has 5 rings (SSSR count). The number of nitrogens with zero attached hydrogens (tertiary/aromatic N) is 3. The van der Waals surface area contributed by atoms with Crippen LogP contribution >= 0.6 is 28.1 Å². The lowest BCUT2D eigenvalue weighted by Crippen LogP contribution is -2.25. The zero-order valence-electron chi connectivity index (χ0n) is 16.6. The highest BCUT2D eigenvalue weighted by Crippen LogP contribution is 2.33. The van der Waals surface area contributed by atoms with Crippen molar-refractivity contribution in [2.24, 2.45) is 4.99 Å². The van der Waals surface area contributed by atoms with E-state index < -0.39 is 5.56 Å². The normalized spacial score (nSPS) is 13.5. The van der Waals surface area contributed by atoms with Gasteiger partial charge < -0.3 is 5.11 Å². The second kappa shape index (κ2) is 8.18. The van der Waals surface area contributed by atoms with Gasteiger partial charge in [0.05, 0.1) is 17.1 Å². The van der Waals surface area contributed by atoms with E-state index in [2.05, 4.69) is 20.9 Å². The minimum atomic E-state index is -0.405. The Labute approximate surface area is 197 Å². The molecule has 32 heavy (non-hydrogen) atoms. The molecule has 2 heterocycles. The van der Waals surface area contributed by atoms with E-state index in [4.69, 9.17) is 12.2 Å². The van der Waals surface area contributed by atoms with Gasteiger partial charge in [0.15, 0.2) is 4.77 Å². The summed E-state index contributed by atoms with van der Waals surface area (Å²) in [6.45, 7) is 0. The van der Waals surface area contributed by atoms with Crippen LogP contribution in [0.4, 0.5) is 5.69 Å². The molecule has 0 amide bonds. The fraction of sp³-hybridized carbons (Fsp3) is 0. The number of fused-ring (bicyclic) bond motifs is 1. The van der Waals surface area contributed by atoms with Gasteiger partial charge in [0, 0.05) is 21.8 Å². The van der Waals surface area contributed by atoms with Crippen LogP contribution in [-0.4, -0.2) is 20.5 Å². The molecular formula is C25H16BrN3O2S. The first kappa shape index (κ1) is 20.4. The lowest BCUT2D eigenvalue weighted by molar-refractivity contribution is 0.429. The van der Waals surface area contributed by atoms with E-state index in [1.807, 2.05) is 78.9 Å². The average molecular weight is 502 g/mol. The maximum Gasteiger partial charge on any atom is 0.270 e. The molecule has 0 spiro atoms. The molecule has 0 unspecified atom stereocenters. The van der Waals surface area contributed by atoms with E-state index >= 15 is 0 Å². The maximum absolute atomic E-state index is 13.6. The molecule has 0 fully saturated rings. The lowest BCUT2D eigenvalue weighted by atomic mass is 10.1. The van der Waals surface area contributed by atoms with Crippen molar-refractivity contribution >= 4 is 51.7 Å². The van der Waals surface area contributed by atoms with Crippen LogP contribution in [0.3, 0.4) is 0 Å². The number of allylic oxidation sites excluding steroid dienone is 1. The van der Waals surface area contributed by atoms with Crippen LogP contribution < -0.4 is 5.56 Å². The number of benzene rings is 3. The van der Waals surface area contributed by atoms with Gasteiger partial charge in [-0.1, -0.05) is 52.3 Å². The SMILES string of the molecule is O=c1c(/C=C2/C=Nc3ccccc32)c(O)n(-c2ccc(Br)cc2)c(=S)n1-c1ccccc1. The highest BCUT2D eigenvalue weighted by atomic mass is 79.9. The van der Waals surface area contributed by atoms with Crippen LogP contribution in [0.15, 0.2) is 93.1 Å². The summed E-state index contributed by atoms with van der Waals surface area (Å²) < 4.78 is 4.00. The average Bonchev–Trinajstić information content (AvgIpc) is 3.22. The second-order valence-electron chi connectivity index (χ2n) is 7.18. The second-order valence-corrected chi connectivity index (χ2v) is 8.46. The van der Waals surface area contributed by atoms with E-state index in [0.717, 1.165) is 21.3 Å². The molecule has 0 atom stereocenters. The van der Waals surface area contributed by atoms with Crippen molar-refractivity contribution in [3.05, 3.63) is 110 Å². The number of halogens is 1. The van der Waals surface area contributed by atoms with Gasteiger partial charge in [0.25, 0.3) is 5.56 Å². The zero-order chi connectivity index (χ0) is 22.2. The minimum absolute atomic E-state index is 0.128. The summed E-state index contributed by atoms with van der Waals surface area (Å²) in [6.07, 6.45) is 3.36. The molecule has 1 aromatic heterocycles. The Morgan fingerprint density at radius 2 is 1.53 bits per heavy atom. The molecule has 0 saturated carbocycles.